The second kappa shape index (κ2) is 6.04. The molecule has 0 atom stereocenters. The molecule has 114 valence electrons. The van der Waals surface area contributed by atoms with Gasteiger partial charge in [0.25, 0.3) is 0 Å². The lowest BCUT2D eigenvalue weighted by Crippen LogP contribution is -2.13. The summed E-state index contributed by atoms with van der Waals surface area (Å²) in [6.45, 7) is 0. The molecule has 5 heteroatoms. The van der Waals surface area contributed by atoms with Crippen LogP contribution in [0.1, 0.15) is 24.2 Å². The summed E-state index contributed by atoms with van der Waals surface area (Å²) in [5.74, 6) is 0. The summed E-state index contributed by atoms with van der Waals surface area (Å²) in [7, 11) is 0. The summed E-state index contributed by atoms with van der Waals surface area (Å²) in [4.78, 5) is 1.70. The van der Waals surface area contributed by atoms with Crippen LogP contribution < -0.4 is 5.43 Å². The number of aromatic nitrogens is 3. The molecular formula is C18H17N5. The van der Waals surface area contributed by atoms with E-state index in [0.29, 0.717) is 0 Å². The molecule has 4 rings (SSSR count). The van der Waals surface area contributed by atoms with E-state index < -0.39 is 0 Å². The zero-order chi connectivity index (χ0) is 15.5. The number of nitrogens with zero attached hydrogens (tertiary/aromatic N) is 4. The van der Waals surface area contributed by atoms with Crippen LogP contribution in [-0.4, -0.2) is 20.7 Å². The van der Waals surface area contributed by atoms with E-state index >= 15 is 0 Å². The van der Waals surface area contributed by atoms with Crippen molar-refractivity contribution in [2.45, 2.75) is 19.3 Å². The topological polar surface area (TPSA) is 55.1 Å². The van der Waals surface area contributed by atoms with Crippen molar-refractivity contribution in [1.29, 1.82) is 0 Å². The molecule has 5 nitrogen and oxygen atoms in total. The molecule has 23 heavy (non-hydrogen) atoms. The van der Waals surface area contributed by atoms with E-state index in [9.17, 15) is 0 Å². The molecule has 0 saturated carbocycles. The molecule has 0 spiro atoms. The van der Waals surface area contributed by atoms with Gasteiger partial charge in [0, 0.05) is 0 Å². The normalized spacial score (nSPS) is 15.4. The summed E-state index contributed by atoms with van der Waals surface area (Å²) < 4.78 is 0. The lowest BCUT2D eigenvalue weighted by atomic mass is 9.99. The van der Waals surface area contributed by atoms with Gasteiger partial charge in [0.2, 0.25) is 0 Å². The number of rotatable bonds is 3. The highest BCUT2D eigenvalue weighted by Crippen LogP contribution is 2.20. The largest absolute Gasteiger partial charge is 0.278 e. The maximum Gasteiger partial charge on any atom is 0.132 e. The molecule has 1 aromatic heterocycles. The highest BCUT2D eigenvalue weighted by Gasteiger charge is 2.22. The van der Waals surface area contributed by atoms with Gasteiger partial charge in [-0.05, 0) is 43.5 Å². The fourth-order valence-corrected chi connectivity index (χ4v) is 2.70. The van der Waals surface area contributed by atoms with Gasteiger partial charge >= 0.3 is 0 Å². The van der Waals surface area contributed by atoms with Gasteiger partial charge in [-0.25, -0.2) is 0 Å². The van der Waals surface area contributed by atoms with E-state index in [-0.39, 0.29) is 0 Å². The summed E-state index contributed by atoms with van der Waals surface area (Å²) >= 11 is 0. The monoisotopic (exact) mass is 303 g/mol. The fourth-order valence-electron chi connectivity index (χ4n) is 2.70. The third-order valence-electron chi connectivity index (χ3n) is 3.86. The second-order valence-corrected chi connectivity index (χ2v) is 5.51. The Bertz CT molecular complexity index is 821. The molecule has 0 fully saturated rings. The number of hydrogen-bond donors (Lipinski definition) is 1. The van der Waals surface area contributed by atoms with E-state index in [2.05, 4.69) is 20.7 Å². The van der Waals surface area contributed by atoms with Crippen molar-refractivity contribution in [1.82, 2.24) is 15.0 Å². The first-order chi connectivity index (χ1) is 11.4. The Morgan fingerprint density at radius 2 is 1.61 bits per heavy atom. The Morgan fingerprint density at radius 1 is 0.870 bits per heavy atom. The van der Waals surface area contributed by atoms with Gasteiger partial charge in [0.05, 0.1) is 22.8 Å². The number of aryl methyl sites for hydroxylation is 1. The first-order valence-electron chi connectivity index (χ1n) is 7.80. The SMILES string of the molecule is c1ccc(N/N=C2/CCCc3nn(-c4ccccc4)nc32)cc1. The number of para-hydroxylation sites is 2. The average Bonchev–Trinajstić information content (AvgIpc) is 3.06. The fraction of sp³-hybridized carbons (Fsp3) is 0.167. The number of hydrogen-bond acceptors (Lipinski definition) is 4. The minimum atomic E-state index is 0.906. The van der Waals surface area contributed by atoms with Crippen LogP contribution in [0, 0.1) is 0 Å². The van der Waals surface area contributed by atoms with Crippen molar-refractivity contribution in [2.75, 3.05) is 5.43 Å². The van der Waals surface area contributed by atoms with Gasteiger partial charge in [0.1, 0.15) is 5.69 Å². The van der Waals surface area contributed by atoms with Crippen molar-refractivity contribution in [3.05, 3.63) is 72.1 Å². The lowest BCUT2D eigenvalue weighted by Gasteiger charge is -2.11. The number of fused-ring (bicyclic) bond motifs is 1. The zero-order valence-electron chi connectivity index (χ0n) is 12.7. The molecule has 0 radical (unpaired) electrons. The maximum atomic E-state index is 4.65. The van der Waals surface area contributed by atoms with Crippen LogP contribution >= 0.6 is 0 Å². The predicted octanol–water partition coefficient (Wildman–Crippen LogP) is 3.42. The quantitative estimate of drug-likeness (QED) is 0.754. The smallest absolute Gasteiger partial charge is 0.132 e. The third-order valence-corrected chi connectivity index (χ3v) is 3.86. The molecule has 0 bridgehead atoms. The number of nitrogens with one attached hydrogen (secondary N) is 1. The van der Waals surface area contributed by atoms with Gasteiger partial charge in [-0.2, -0.15) is 15.0 Å². The lowest BCUT2D eigenvalue weighted by molar-refractivity contribution is 0.731. The molecule has 1 aliphatic rings. The van der Waals surface area contributed by atoms with Gasteiger partial charge in [-0.15, -0.1) is 5.10 Å². The molecule has 2 aromatic carbocycles. The standard InChI is InChI=1S/C18H17N5/c1-3-8-14(9-4-1)19-20-16-12-7-13-17-18(16)22-23(21-17)15-10-5-2-6-11-15/h1-6,8-11,19H,7,12-13H2/b20-16-. The number of anilines is 1. The van der Waals surface area contributed by atoms with E-state index in [0.717, 1.165) is 47.7 Å². The van der Waals surface area contributed by atoms with Crippen molar-refractivity contribution in [2.24, 2.45) is 5.10 Å². The van der Waals surface area contributed by atoms with Crippen LogP contribution in [0.25, 0.3) is 5.69 Å². The third kappa shape index (κ3) is 2.85. The van der Waals surface area contributed by atoms with E-state index in [1.807, 2.05) is 60.7 Å². The highest BCUT2D eigenvalue weighted by molar-refractivity contribution is 6.01. The number of benzene rings is 2. The Morgan fingerprint density at radius 3 is 2.39 bits per heavy atom. The molecule has 1 N–H and O–H groups in total. The number of hydrazone groups is 1. The molecule has 0 saturated heterocycles. The van der Waals surface area contributed by atoms with Crippen molar-refractivity contribution >= 4 is 11.4 Å². The van der Waals surface area contributed by atoms with Crippen LogP contribution in [0.15, 0.2) is 65.8 Å². The summed E-state index contributed by atoms with van der Waals surface area (Å²) in [6.07, 6.45) is 2.92. The Hall–Kier alpha value is -2.95. The molecule has 0 amide bonds. The Labute approximate surface area is 134 Å². The van der Waals surface area contributed by atoms with E-state index in [1.165, 1.54) is 0 Å². The van der Waals surface area contributed by atoms with Crippen molar-refractivity contribution in [3.63, 3.8) is 0 Å². The predicted molar refractivity (Wildman–Crippen MR) is 90.9 cm³/mol. The molecule has 0 aliphatic heterocycles. The van der Waals surface area contributed by atoms with E-state index in [1.54, 1.807) is 4.80 Å². The van der Waals surface area contributed by atoms with Gasteiger partial charge < -0.3 is 0 Å². The molecule has 0 unspecified atom stereocenters. The average molecular weight is 303 g/mol. The molecular weight excluding hydrogens is 286 g/mol. The van der Waals surface area contributed by atoms with Crippen LogP contribution in [-0.2, 0) is 6.42 Å². The highest BCUT2D eigenvalue weighted by atomic mass is 15.5. The van der Waals surface area contributed by atoms with Gasteiger partial charge in [0.15, 0.2) is 0 Å². The van der Waals surface area contributed by atoms with Crippen molar-refractivity contribution in [3.8, 4) is 5.69 Å². The Balaban J connectivity index is 1.64. The maximum absolute atomic E-state index is 4.65. The van der Waals surface area contributed by atoms with Crippen LogP contribution in [0.5, 0.6) is 0 Å². The molecule has 3 aromatic rings. The van der Waals surface area contributed by atoms with E-state index in [4.69, 9.17) is 0 Å². The molecule has 1 aliphatic carbocycles. The van der Waals surface area contributed by atoms with Gasteiger partial charge in [-0.3, -0.25) is 5.43 Å². The first-order valence-corrected chi connectivity index (χ1v) is 7.80. The van der Waals surface area contributed by atoms with Gasteiger partial charge in [-0.1, -0.05) is 36.4 Å². The minimum Gasteiger partial charge on any atom is -0.278 e. The summed E-state index contributed by atoms with van der Waals surface area (Å²) in [5, 5.41) is 13.8. The summed E-state index contributed by atoms with van der Waals surface area (Å²) in [5.41, 5.74) is 7.96. The van der Waals surface area contributed by atoms with Crippen LogP contribution in [0.2, 0.25) is 0 Å². The minimum absolute atomic E-state index is 0.906. The molecule has 1 heterocycles. The van der Waals surface area contributed by atoms with Crippen LogP contribution in [0.3, 0.4) is 0 Å². The zero-order valence-corrected chi connectivity index (χ0v) is 12.7. The second-order valence-electron chi connectivity index (χ2n) is 5.51. The van der Waals surface area contributed by atoms with Crippen LogP contribution in [0.4, 0.5) is 5.69 Å². The first kappa shape index (κ1) is 13.7. The Kier molecular flexibility index (Phi) is 3.60. The van der Waals surface area contributed by atoms with Crippen molar-refractivity contribution < 1.29 is 0 Å². The summed E-state index contributed by atoms with van der Waals surface area (Å²) in [6, 6.07) is 19.9.